The van der Waals surface area contributed by atoms with Crippen LogP contribution < -0.4 is 4.74 Å². The van der Waals surface area contributed by atoms with Crippen LogP contribution in [0.4, 0.5) is 0 Å². The van der Waals surface area contributed by atoms with Crippen molar-refractivity contribution < 1.29 is 19.7 Å². The highest BCUT2D eigenvalue weighted by atomic mass is 16.5. The molecule has 0 radical (unpaired) electrons. The van der Waals surface area contributed by atoms with Crippen LogP contribution in [-0.2, 0) is 11.2 Å². The van der Waals surface area contributed by atoms with Crippen LogP contribution in [-0.4, -0.2) is 28.7 Å². The normalized spacial score (nSPS) is 26.5. The fourth-order valence-corrected chi connectivity index (χ4v) is 5.74. The van der Waals surface area contributed by atoms with Crippen molar-refractivity contribution in [1.82, 2.24) is 0 Å². The third-order valence-corrected chi connectivity index (χ3v) is 7.90. The number of ether oxygens (including phenoxy) is 1. The lowest BCUT2D eigenvalue weighted by molar-refractivity contribution is -0.131. The topological polar surface area (TPSA) is 66.8 Å². The molecule has 0 aromatic heterocycles. The van der Waals surface area contributed by atoms with E-state index in [-0.39, 0.29) is 16.6 Å². The van der Waals surface area contributed by atoms with E-state index < -0.39 is 5.60 Å². The van der Waals surface area contributed by atoms with Crippen LogP contribution in [0, 0.1) is 17.8 Å². The Morgan fingerprint density at radius 1 is 1.25 bits per heavy atom. The third-order valence-electron chi connectivity index (χ3n) is 7.90. The Balaban J connectivity index is 1.91. The van der Waals surface area contributed by atoms with Gasteiger partial charge in [0.25, 0.3) is 0 Å². The van der Waals surface area contributed by atoms with E-state index in [2.05, 4.69) is 26.8 Å². The molecule has 2 aliphatic carbocycles. The van der Waals surface area contributed by atoms with E-state index in [1.807, 2.05) is 19.1 Å². The molecule has 0 unspecified atom stereocenters. The molecule has 4 heteroatoms. The van der Waals surface area contributed by atoms with Crippen molar-refractivity contribution in [2.45, 2.75) is 92.1 Å². The van der Waals surface area contributed by atoms with E-state index in [0.717, 1.165) is 54.6 Å². The highest BCUT2D eigenvalue weighted by Gasteiger charge is 2.56. The second kappa shape index (κ2) is 8.70. The van der Waals surface area contributed by atoms with Crippen molar-refractivity contribution in [2.75, 3.05) is 7.11 Å². The fourth-order valence-electron chi connectivity index (χ4n) is 5.74. The van der Waals surface area contributed by atoms with E-state index >= 15 is 0 Å². The summed E-state index contributed by atoms with van der Waals surface area (Å²) < 4.78 is 5.35. The summed E-state index contributed by atoms with van der Waals surface area (Å²) in [6, 6.07) is 3.70. The van der Waals surface area contributed by atoms with E-state index in [1.54, 1.807) is 21.0 Å². The number of hydrogen-bond acceptors (Lipinski definition) is 4. The lowest BCUT2D eigenvalue weighted by atomic mass is 9.56. The molecule has 0 amide bonds. The number of carbonyl (C=O) groups is 1. The maximum absolute atomic E-state index is 13.7. The number of Topliss-reactive ketones (excluding diaryl/α,β-unsaturated/α-hetero) is 1. The largest absolute Gasteiger partial charge is 0.507 e. The number of methoxy groups -OCH3 is 1. The Hall–Kier alpha value is -2.07. The second-order valence-corrected chi connectivity index (χ2v) is 11.2. The quantitative estimate of drug-likeness (QED) is 0.494. The summed E-state index contributed by atoms with van der Waals surface area (Å²) in [5, 5.41) is 21.0. The Kier molecular flexibility index (Phi) is 6.68. The molecule has 0 aliphatic heterocycles. The molecule has 0 heterocycles. The van der Waals surface area contributed by atoms with Gasteiger partial charge in [-0.05, 0) is 88.5 Å². The van der Waals surface area contributed by atoms with Gasteiger partial charge in [0.15, 0.2) is 5.78 Å². The summed E-state index contributed by atoms with van der Waals surface area (Å²) >= 11 is 0. The van der Waals surface area contributed by atoms with Gasteiger partial charge in [-0.2, -0.15) is 0 Å². The van der Waals surface area contributed by atoms with Crippen molar-refractivity contribution in [3.8, 4) is 11.5 Å². The summed E-state index contributed by atoms with van der Waals surface area (Å²) in [7, 11) is 1.63. The smallest absolute Gasteiger partial charge is 0.165 e. The predicted octanol–water partition coefficient (Wildman–Crippen LogP) is 6.22. The molecule has 3 rings (SSSR count). The van der Waals surface area contributed by atoms with Gasteiger partial charge in [-0.3, -0.25) is 4.79 Å². The van der Waals surface area contributed by atoms with Crippen LogP contribution in [0.25, 0.3) is 0 Å². The van der Waals surface area contributed by atoms with Gasteiger partial charge in [0.05, 0.1) is 12.7 Å². The summed E-state index contributed by atoms with van der Waals surface area (Å²) in [5.74, 6) is 1.29. The number of carbonyl (C=O) groups excluding carboxylic acids is 1. The zero-order valence-corrected chi connectivity index (χ0v) is 20.9. The fraction of sp³-hybridized carbons (Fsp3) is 0.607. The highest BCUT2D eigenvalue weighted by Crippen LogP contribution is 2.61. The molecule has 2 aliphatic rings. The van der Waals surface area contributed by atoms with E-state index in [9.17, 15) is 15.0 Å². The maximum Gasteiger partial charge on any atom is 0.165 e. The molecule has 176 valence electrons. The Morgan fingerprint density at radius 2 is 1.94 bits per heavy atom. The van der Waals surface area contributed by atoms with Crippen molar-refractivity contribution in [3.05, 3.63) is 46.1 Å². The zero-order chi connectivity index (χ0) is 23.9. The van der Waals surface area contributed by atoms with Gasteiger partial charge in [0.1, 0.15) is 11.5 Å². The van der Waals surface area contributed by atoms with Crippen molar-refractivity contribution in [1.29, 1.82) is 0 Å². The van der Waals surface area contributed by atoms with Gasteiger partial charge < -0.3 is 14.9 Å². The molecule has 2 atom stereocenters. The molecule has 32 heavy (non-hydrogen) atoms. The highest BCUT2D eigenvalue weighted by molar-refractivity contribution is 6.02. The first-order chi connectivity index (χ1) is 14.8. The van der Waals surface area contributed by atoms with Gasteiger partial charge in [-0.1, -0.05) is 37.5 Å². The lowest BCUT2D eigenvalue weighted by Crippen LogP contribution is -2.45. The number of phenolic OH excluding ortho intramolecular Hbond substituents is 1. The van der Waals surface area contributed by atoms with E-state index in [1.165, 1.54) is 11.1 Å². The first-order valence-electron chi connectivity index (χ1n) is 11.8. The number of phenols is 1. The van der Waals surface area contributed by atoms with E-state index in [0.29, 0.717) is 18.6 Å². The van der Waals surface area contributed by atoms with Gasteiger partial charge in [0, 0.05) is 17.4 Å². The summed E-state index contributed by atoms with van der Waals surface area (Å²) in [5.41, 5.74) is 3.58. The average Bonchev–Trinajstić information content (AvgIpc) is 3.00. The molecular formula is C28H40O4. The van der Waals surface area contributed by atoms with Gasteiger partial charge in [0.2, 0.25) is 0 Å². The Bertz CT molecular complexity index is 962. The van der Waals surface area contributed by atoms with Crippen LogP contribution in [0.3, 0.4) is 0 Å². The molecule has 0 saturated heterocycles. The molecule has 0 spiro atoms. The zero-order valence-electron chi connectivity index (χ0n) is 20.9. The first-order valence-corrected chi connectivity index (χ1v) is 11.8. The number of allylic oxidation sites excluding steroid dienone is 3. The van der Waals surface area contributed by atoms with Crippen molar-refractivity contribution in [3.63, 3.8) is 0 Å². The minimum absolute atomic E-state index is 0.00896. The predicted molar refractivity (Wildman–Crippen MR) is 129 cm³/mol. The molecule has 0 bridgehead atoms. The minimum atomic E-state index is -0.916. The molecule has 2 N–H and O–H groups in total. The number of ketones is 1. The van der Waals surface area contributed by atoms with Crippen LogP contribution in [0.1, 0.15) is 84.3 Å². The van der Waals surface area contributed by atoms with Gasteiger partial charge in [-0.25, -0.2) is 0 Å². The molecule has 1 aromatic rings. The average molecular weight is 441 g/mol. The number of hydrogen-bond donors (Lipinski definition) is 2. The Labute approximate surface area is 193 Å². The van der Waals surface area contributed by atoms with E-state index in [4.69, 9.17) is 4.74 Å². The number of aryl methyl sites for hydroxylation is 1. The molecular weight excluding hydrogens is 400 g/mol. The maximum atomic E-state index is 13.7. The third kappa shape index (κ3) is 4.66. The number of aromatic hydroxyl groups is 1. The van der Waals surface area contributed by atoms with Gasteiger partial charge >= 0.3 is 0 Å². The standard InChI is InChI=1S/C28H40O4/c1-18(9-10-20-15-22(32-7)14-19(2)24(20)29)13-21-16-27(5)11-8-12-28(27,6)25(30)23(21)17-26(3,4)31/h9,14-15,29,31H,8,10-13,16-17H2,1-7H3/b18-9+/t27-,28-/m1/s1. The number of rotatable bonds is 7. The number of benzene rings is 1. The van der Waals surface area contributed by atoms with Crippen molar-refractivity contribution in [2.24, 2.45) is 10.8 Å². The number of fused-ring (bicyclic) bond motifs is 1. The summed E-state index contributed by atoms with van der Waals surface area (Å²) in [6.45, 7) is 11.9. The molecule has 1 fully saturated rings. The summed E-state index contributed by atoms with van der Waals surface area (Å²) in [4.78, 5) is 13.7. The van der Waals surface area contributed by atoms with Crippen LogP contribution in [0.15, 0.2) is 34.9 Å². The minimum Gasteiger partial charge on any atom is -0.507 e. The van der Waals surface area contributed by atoms with Gasteiger partial charge in [-0.15, -0.1) is 0 Å². The Morgan fingerprint density at radius 3 is 2.56 bits per heavy atom. The molecule has 1 aromatic carbocycles. The lowest BCUT2D eigenvalue weighted by Gasteiger charge is -2.46. The molecule has 1 saturated carbocycles. The molecule has 4 nitrogen and oxygen atoms in total. The van der Waals surface area contributed by atoms with Crippen LogP contribution in [0.2, 0.25) is 0 Å². The first kappa shape index (κ1) is 24.6. The number of aliphatic hydroxyl groups is 1. The monoisotopic (exact) mass is 440 g/mol. The van der Waals surface area contributed by atoms with Crippen molar-refractivity contribution >= 4 is 5.78 Å². The van der Waals surface area contributed by atoms with Crippen LogP contribution >= 0.6 is 0 Å². The van der Waals surface area contributed by atoms with Crippen LogP contribution in [0.5, 0.6) is 11.5 Å². The SMILES string of the molecule is COc1cc(C)c(O)c(C/C=C(\C)CC2=C(CC(C)(C)O)C(=O)[C@@]3(C)CCC[C@]3(C)C2)c1. The summed E-state index contributed by atoms with van der Waals surface area (Å²) in [6.07, 6.45) is 7.89. The second-order valence-electron chi connectivity index (χ2n) is 11.2.